The lowest BCUT2D eigenvalue weighted by Gasteiger charge is -2.25. The highest BCUT2D eigenvalue weighted by Crippen LogP contribution is 2.32. The van der Waals surface area contributed by atoms with Crippen molar-refractivity contribution in [1.29, 1.82) is 0 Å². The summed E-state index contributed by atoms with van der Waals surface area (Å²) in [5, 5.41) is 2.90. The first-order chi connectivity index (χ1) is 15.8. The lowest BCUT2D eigenvalue weighted by atomic mass is 10.1. The number of hydrogen-bond donors (Lipinski definition) is 1. The smallest absolute Gasteiger partial charge is 0.264 e. The summed E-state index contributed by atoms with van der Waals surface area (Å²) in [5.41, 5.74) is 1.25. The van der Waals surface area contributed by atoms with Gasteiger partial charge in [0.05, 0.1) is 16.6 Å². The van der Waals surface area contributed by atoms with Crippen molar-refractivity contribution in [3.05, 3.63) is 81.9 Å². The monoisotopic (exact) mass is 578 g/mol. The molecule has 0 spiro atoms. The molecule has 3 aromatic rings. The van der Waals surface area contributed by atoms with E-state index < -0.39 is 15.9 Å². The van der Waals surface area contributed by atoms with Crippen LogP contribution in [0.25, 0.3) is 0 Å². The first-order valence-electron chi connectivity index (χ1n) is 10.4. The van der Waals surface area contributed by atoms with Crippen molar-refractivity contribution in [2.24, 2.45) is 0 Å². The number of anilines is 1. The van der Waals surface area contributed by atoms with Gasteiger partial charge in [0.25, 0.3) is 10.0 Å². The van der Waals surface area contributed by atoms with Crippen LogP contribution in [0.1, 0.15) is 18.5 Å². The predicted octanol–water partition coefficient (Wildman–Crippen LogP) is 4.14. The van der Waals surface area contributed by atoms with Crippen LogP contribution in [0.3, 0.4) is 0 Å². The number of nitrogens with one attached hydrogen (secondary N) is 1. The fourth-order valence-electron chi connectivity index (χ4n) is 3.47. The molecule has 4 rings (SSSR count). The zero-order valence-electron chi connectivity index (χ0n) is 17.9. The molecule has 1 atom stereocenters. The lowest BCUT2D eigenvalue weighted by Crippen LogP contribution is -2.41. The van der Waals surface area contributed by atoms with Crippen LogP contribution in [-0.4, -0.2) is 34.1 Å². The number of carbonyl (C=O) groups excluding carboxylic acids is 1. The molecule has 0 aliphatic carbocycles. The molecule has 172 valence electrons. The van der Waals surface area contributed by atoms with Crippen molar-refractivity contribution in [2.45, 2.75) is 17.9 Å². The quantitative estimate of drug-likeness (QED) is 0.427. The molecule has 1 aliphatic heterocycles. The molecule has 0 radical (unpaired) electrons. The first kappa shape index (κ1) is 23.4. The van der Waals surface area contributed by atoms with Gasteiger partial charge >= 0.3 is 0 Å². The summed E-state index contributed by atoms with van der Waals surface area (Å²) >= 11 is 2.15. The molecule has 0 fully saturated rings. The number of rotatable bonds is 7. The first-order valence-corrected chi connectivity index (χ1v) is 12.9. The maximum absolute atomic E-state index is 13.4. The Kier molecular flexibility index (Phi) is 7.08. The van der Waals surface area contributed by atoms with Gasteiger partial charge in [-0.05, 0) is 83.6 Å². The van der Waals surface area contributed by atoms with Crippen LogP contribution < -0.4 is 19.1 Å². The highest BCUT2D eigenvalue weighted by molar-refractivity contribution is 14.1. The summed E-state index contributed by atoms with van der Waals surface area (Å²) in [6, 6.07) is 20.2. The second-order valence-electron chi connectivity index (χ2n) is 7.49. The average molecular weight is 578 g/mol. The zero-order valence-corrected chi connectivity index (χ0v) is 20.9. The van der Waals surface area contributed by atoms with Crippen LogP contribution in [0.2, 0.25) is 0 Å². The molecule has 1 N–H and O–H groups in total. The van der Waals surface area contributed by atoms with Gasteiger partial charge in [0.15, 0.2) is 11.5 Å². The Morgan fingerprint density at radius 3 is 2.36 bits per heavy atom. The zero-order chi connectivity index (χ0) is 23.4. The van der Waals surface area contributed by atoms with Gasteiger partial charge < -0.3 is 14.8 Å². The van der Waals surface area contributed by atoms with Gasteiger partial charge in [-0.25, -0.2) is 8.42 Å². The van der Waals surface area contributed by atoms with Crippen molar-refractivity contribution >= 4 is 44.2 Å². The molecule has 9 heteroatoms. The fraction of sp³-hybridized carbons (Fsp3) is 0.208. The van der Waals surface area contributed by atoms with Crippen LogP contribution in [0.15, 0.2) is 77.7 Å². The Balaban J connectivity index is 1.56. The van der Waals surface area contributed by atoms with E-state index in [1.54, 1.807) is 42.5 Å². The number of hydrogen-bond acceptors (Lipinski definition) is 5. The van der Waals surface area contributed by atoms with E-state index in [9.17, 15) is 13.2 Å². The van der Waals surface area contributed by atoms with Gasteiger partial charge in [0, 0.05) is 3.57 Å². The molecule has 0 saturated carbocycles. The molecule has 0 bridgehead atoms. The minimum absolute atomic E-state index is 0.122. The van der Waals surface area contributed by atoms with Crippen molar-refractivity contribution in [1.82, 2.24) is 5.32 Å². The third kappa shape index (κ3) is 5.41. The molecule has 33 heavy (non-hydrogen) atoms. The van der Waals surface area contributed by atoms with Crippen molar-refractivity contribution in [3.8, 4) is 11.5 Å². The molecular formula is C24H23IN2O5S. The fourth-order valence-corrected chi connectivity index (χ4v) is 5.27. The lowest BCUT2D eigenvalue weighted by molar-refractivity contribution is -0.120. The van der Waals surface area contributed by atoms with Gasteiger partial charge in [-0.3, -0.25) is 9.10 Å². The largest absolute Gasteiger partial charge is 0.486 e. The summed E-state index contributed by atoms with van der Waals surface area (Å²) in [7, 11) is -3.94. The highest BCUT2D eigenvalue weighted by atomic mass is 127. The Hall–Kier alpha value is -2.79. The number of carbonyl (C=O) groups is 1. The predicted molar refractivity (Wildman–Crippen MR) is 134 cm³/mol. The van der Waals surface area contributed by atoms with E-state index in [1.165, 1.54) is 12.1 Å². The maximum Gasteiger partial charge on any atom is 0.264 e. The third-order valence-corrected chi connectivity index (χ3v) is 7.68. The maximum atomic E-state index is 13.4. The minimum atomic E-state index is -3.94. The van der Waals surface area contributed by atoms with Crippen LogP contribution in [-0.2, 0) is 14.8 Å². The highest BCUT2D eigenvalue weighted by Gasteiger charge is 2.27. The summed E-state index contributed by atoms with van der Waals surface area (Å²) in [4.78, 5) is 13.1. The average Bonchev–Trinajstić information content (AvgIpc) is 2.83. The third-order valence-electron chi connectivity index (χ3n) is 5.18. The van der Waals surface area contributed by atoms with Crippen molar-refractivity contribution in [3.63, 3.8) is 0 Å². The molecule has 3 aromatic carbocycles. The Bertz CT molecular complexity index is 1230. The van der Waals surface area contributed by atoms with E-state index in [-0.39, 0.29) is 17.5 Å². The molecular weight excluding hydrogens is 555 g/mol. The summed E-state index contributed by atoms with van der Waals surface area (Å²) in [6.45, 7) is 2.46. The number of fused-ring (bicyclic) bond motifs is 1. The topological polar surface area (TPSA) is 84.9 Å². The number of sulfonamides is 1. The minimum Gasteiger partial charge on any atom is -0.486 e. The molecule has 1 aliphatic rings. The van der Waals surface area contributed by atoms with Gasteiger partial charge in [-0.2, -0.15) is 0 Å². The van der Waals surface area contributed by atoms with E-state index in [4.69, 9.17) is 9.47 Å². The standard InChI is InChI=1S/C24H23IN2O5S/c1-17(18-7-12-22-23(15-18)32-14-13-31-22)26-24(28)16-27(20-10-8-19(25)9-11-20)33(29,30)21-5-3-2-4-6-21/h2-12,15,17H,13-14,16H2,1H3,(H,26,28). The summed E-state index contributed by atoms with van der Waals surface area (Å²) in [6.07, 6.45) is 0. The van der Waals surface area contributed by atoms with E-state index in [1.807, 2.05) is 25.1 Å². The molecule has 1 amide bonds. The van der Waals surface area contributed by atoms with Crippen molar-refractivity contribution < 1.29 is 22.7 Å². The molecule has 7 nitrogen and oxygen atoms in total. The number of benzene rings is 3. The van der Waals surface area contributed by atoms with E-state index >= 15 is 0 Å². The van der Waals surface area contributed by atoms with Crippen LogP contribution in [0.5, 0.6) is 11.5 Å². The Morgan fingerprint density at radius 2 is 1.67 bits per heavy atom. The number of halogens is 1. The van der Waals surface area contributed by atoms with Gasteiger partial charge in [-0.15, -0.1) is 0 Å². The molecule has 1 unspecified atom stereocenters. The number of ether oxygens (including phenoxy) is 2. The number of amides is 1. The Labute approximate surface area is 206 Å². The second kappa shape index (κ2) is 10.0. The van der Waals surface area contributed by atoms with Crippen LogP contribution in [0, 0.1) is 3.57 Å². The summed E-state index contributed by atoms with van der Waals surface area (Å²) < 4.78 is 40.0. The SMILES string of the molecule is CC(NC(=O)CN(c1ccc(I)cc1)S(=O)(=O)c1ccccc1)c1ccc2c(c1)OCCO2. The Morgan fingerprint density at radius 1 is 1.00 bits per heavy atom. The van der Waals surface area contributed by atoms with Gasteiger partial charge in [0.1, 0.15) is 19.8 Å². The van der Waals surface area contributed by atoms with Crippen LogP contribution in [0.4, 0.5) is 5.69 Å². The van der Waals surface area contributed by atoms with Gasteiger partial charge in [-0.1, -0.05) is 24.3 Å². The molecule has 1 heterocycles. The number of nitrogens with zero attached hydrogens (tertiary/aromatic N) is 1. The van der Waals surface area contributed by atoms with Crippen LogP contribution >= 0.6 is 22.6 Å². The van der Waals surface area contributed by atoms with E-state index in [0.717, 1.165) is 13.4 Å². The van der Waals surface area contributed by atoms with Gasteiger partial charge in [0.2, 0.25) is 5.91 Å². The van der Waals surface area contributed by atoms with Crippen molar-refractivity contribution in [2.75, 3.05) is 24.1 Å². The summed E-state index contributed by atoms with van der Waals surface area (Å²) in [5.74, 6) is 0.879. The molecule has 0 saturated heterocycles. The second-order valence-corrected chi connectivity index (χ2v) is 10.6. The normalized spacial score (nSPS) is 13.8. The van der Waals surface area contributed by atoms with E-state index in [0.29, 0.717) is 30.4 Å². The molecule has 0 aromatic heterocycles. The van der Waals surface area contributed by atoms with E-state index in [2.05, 4.69) is 27.9 Å².